The molecule has 20 heavy (non-hydrogen) atoms. The predicted molar refractivity (Wildman–Crippen MR) is 77.9 cm³/mol. The summed E-state index contributed by atoms with van der Waals surface area (Å²) in [6.07, 6.45) is 5.39. The van der Waals surface area contributed by atoms with Gasteiger partial charge in [0, 0.05) is 30.8 Å². The standard InChI is InChI=1S/C15H23N3O2/c1-3-11(4-2)13-8-14(17-10-16-13)18-7-5-6-12(9-18)15(19)20/h8,10-12H,3-7,9H2,1-2H3,(H,19,20). The van der Waals surface area contributed by atoms with Gasteiger partial charge in [-0.05, 0) is 25.7 Å². The van der Waals surface area contributed by atoms with E-state index in [2.05, 4.69) is 28.7 Å². The third-order valence-electron chi connectivity index (χ3n) is 4.17. The van der Waals surface area contributed by atoms with E-state index in [1.165, 1.54) is 0 Å². The van der Waals surface area contributed by atoms with Gasteiger partial charge < -0.3 is 10.0 Å². The van der Waals surface area contributed by atoms with Crippen LogP contribution < -0.4 is 4.90 Å². The van der Waals surface area contributed by atoms with E-state index in [0.717, 1.165) is 43.7 Å². The number of hydrogen-bond acceptors (Lipinski definition) is 4. The first-order valence-electron chi connectivity index (χ1n) is 7.45. The smallest absolute Gasteiger partial charge is 0.308 e. The highest BCUT2D eigenvalue weighted by molar-refractivity contribution is 5.71. The Kier molecular flexibility index (Phi) is 4.93. The van der Waals surface area contributed by atoms with Crippen LogP contribution in [0.2, 0.25) is 0 Å². The molecule has 1 atom stereocenters. The third-order valence-corrected chi connectivity index (χ3v) is 4.17. The van der Waals surface area contributed by atoms with Gasteiger partial charge in [0.05, 0.1) is 5.92 Å². The fraction of sp³-hybridized carbons (Fsp3) is 0.667. The van der Waals surface area contributed by atoms with Crippen LogP contribution in [0.4, 0.5) is 5.82 Å². The van der Waals surface area contributed by atoms with Gasteiger partial charge in [-0.2, -0.15) is 0 Å². The maximum Gasteiger partial charge on any atom is 0.308 e. The van der Waals surface area contributed by atoms with Gasteiger partial charge in [0.1, 0.15) is 12.1 Å². The van der Waals surface area contributed by atoms with Crippen molar-refractivity contribution in [1.29, 1.82) is 0 Å². The van der Waals surface area contributed by atoms with Gasteiger partial charge in [0.2, 0.25) is 0 Å². The topological polar surface area (TPSA) is 66.3 Å². The van der Waals surface area contributed by atoms with Gasteiger partial charge >= 0.3 is 5.97 Å². The van der Waals surface area contributed by atoms with Crippen molar-refractivity contribution in [2.24, 2.45) is 5.92 Å². The van der Waals surface area contributed by atoms with Crippen molar-refractivity contribution in [2.45, 2.75) is 45.4 Å². The van der Waals surface area contributed by atoms with E-state index in [4.69, 9.17) is 5.11 Å². The highest BCUT2D eigenvalue weighted by Gasteiger charge is 2.26. The first kappa shape index (κ1) is 14.8. The Hall–Kier alpha value is -1.65. The minimum Gasteiger partial charge on any atom is -0.481 e. The van der Waals surface area contributed by atoms with Crippen LogP contribution in [0.1, 0.15) is 51.1 Å². The van der Waals surface area contributed by atoms with Crippen LogP contribution in [0.3, 0.4) is 0 Å². The molecule has 1 saturated heterocycles. The summed E-state index contributed by atoms with van der Waals surface area (Å²) in [6.45, 7) is 5.76. The fourth-order valence-electron chi connectivity index (χ4n) is 2.85. The number of hydrogen-bond donors (Lipinski definition) is 1. The van der Waals surface area contributed by atoms with E-state index >= 15 is 0 Å². The molecular formula is C15H23N3O2. The Morgan fingerprint density at radius 3 is 2.85 bits per heavy atom. The van der Waals surface area contributed by atoms with Crippen LogP contribution in [-0.4, -0.2) is 34.1 Å². The predicted octanol–water partition coefficient (Wildman–Crippen LogP) is 2.68. The van der Waals surface area contributed by atoms with Crippen molar-refractivity contribution in [3.8, 4) is 0 Å². The molecule has 1 aromatic rings. The largest absolute Gasteiger partial charge is 0.481 e. The zero-order valence-corrected chi connectivity index (χ0v) is 12.2. The van der Waals surface area contributed by atoms with Crippen LogP contribution in [-0.2, 0) is 4.79 Å². The molecule has 0 radical (unpaired) electrons. The summed E-state index contributed by atoms with van der Waals surface area (Å²) in [5.41, 5.74) is 1.07. The number of rotatable bonds is 5. The van der Waals surface area contributed by atoms with Gasteiger partial charge in [0.25, 0.3) is 0 Å². The van der Waals surface area contributed by atoms with Crippen molar-refractivity contribution in [3.63, 3.8) is 0 Å². The van der Waals surface area contributed by atoms with E-state index in [-0.39, 0.29) is 5.92 Å². The van der Waals surface area contributed by atoms with Gasteiger partial charge in [-0.1, -0.05) is 13.8 Å². The number of carboxylic acid groups (broad SMARTS) is 1. The number of aromatic nitrogens is 2. The molecule has 1 fully saturated rings. The van der Waals surface area contributed by atoms with Crippen LogP contribution in [0, 0.1) is 5.92 Å². The van der Waals surface area contributed by atoms with Crippen LogP contribution in [0.25, 0.3) is 0 Å². The Morgan fingerprint density at radius 2 is 2.20 bits per heavy atom. The summed E-state index contributed by atoms with van der Waals surface area (Å²) in [5.74, 6) is 0.337. The summed E-state index contributed by atoms with van der Waals surface area (Å²) in [4.78, 5) is 21.9. The molecule has 0 amide bonds. The number of anilines is 1. The number of nitrogens with zero attached hydrogens (tertiary/aromatic N) is 3. The zero-order chi connectivity index (χ0) is 14.5. The van der Waals surface area contributed by atoms with E-state index in [1.54, 1.807) is 6.33 Å². The maximum absolute atomic E-state index is 11.1. The van der Waals surface area contributed by atoms with Gasteiger partial charge in [-0.25, -0.2) is 9.97 Å². The van der Waals surface area contributed by atoms with E-state index in [0.29, 0.717) is 12.5 Å². The lowest BCUT2D eigenvalue weighted by Gasteiger charge is -2.31. The van der Waals surface area contributed by atoms with Gasteiger partial charge in [-0.15, -0.1) is 0 Å². The molecule has 1 N–H and O–H groups in total. The first-order valence-corrected chi connectivity index (χ1v) is 7.45. The highest BCUT2D eigenvalue weighted by Crippen LogP contribution is 2.26. The molecule has 1 unspecified atom stereocenters. The number of carbonyl (C=O) groups is 1. The second kappa shape index (κ2) is 6.68. The minimum atomic E-state index is -0.705. The van der Waals surface area contributed by atoms with Crippen LogP contribution >= 0.6 is 0 Å². The van der Waals surface area contributed by atoms with Crippen LogP contribution in [0.15, 0.2) is 12.4 Å². The van der Waals surface area contributed by atoms with Crippen molar-refractivity contribution in [1.82, 2.24) is 9.97 Å². The lowest BCUT2D eigenvalue weighted by Crippen LogP contribution is -2.39. The number of carboxylic acids is 1. The number of piperidine rings is 1. The average Bonchev–Trinajstić information content (AvgIpc) is 2.49. The molecule has 0 spiro atoms. The van der Waals surface area contributed by atoms with Gasteiger partial charge in [0.15, 0.2) is 0 Å². The maximum atomic E-state index is 11.1. The third kappa shape index (κ3) is 3.26. The first-order chi connectivity index (χ1) is 9.65. The van der Waals surface area contributed by atoms with E-state index < -0.39 is 5.97 Å². The lowest BCUT2D eigenvalue weighted by molar-refractivity contribution is -0.141. The highest BCUT2D eigenvalue weighted by atomic mass is 16.4. The molecule has 2 rings (SSSR count). The zero-order valence-electron chi connectivity index (χ0n) is 12.2. The average molecular weight is 277 g/mol. The molecule has 5 nitrogen and oxygen atoms in total. The van der Waals surface area contributed by atoms with Gasteiger partial charge in [-0.3, -0.25) is 4.79 Å². The SMILES string of the molecule is CCC(CC)c1cc(N2CCCC(C(=O)O)C2)ncn1. The molecule has 0 saturated carbocycles. The van der Waals surface area contributed by atoms with Crippen molar-refractivity contribution >= 4 is 11.8 Å². The molecule has 1 aliphatic rings. The summed E-state index contributed by atoms with van der Waals surface area (Å²) in [5, 5.41) is 9.16. The van der Waals surface area contributed by atoms with Crippen molar-refractivity contribution in [3.05, 3.63) is 18.1 Å². The monoisotopic (exact) mass is 277 g/mol. The molecule has 110 valence electrons. The Labute approximate surface area is 120 Å². The second-order valence-electron chi connectivity index (χ2n) is 5.44. The summed E-state index contributed by atoms with van der Waals surface area (Å²) in [7, 11) is 0. The lowest BCUT2D eigenvalue weighted by atomic mass is 9.97. The fourth-order valence-corrected chi connectivity index (χ4v) is 2.85. The summed E-state index contributed by atoms with van der Waals surface area (Å²) in [6, 6.07) is 2.03. The molecule has 1 aromatic heterocycles. The molecule has 0 bridgehead atoms. The minimum absolute atomic E-state index is 0.282. The van der Waals surface area contributed by atoms with Crippen molar-refractivity contribution < 1.29 is 9.90 Å². The van der Waals surface area contributed by atoms with Crippen molar-refractivity contribution in [2.75, 3.05) is 18.0 Å². The van der Waals surface area contributed by atoms with E-state index in [9.17, 15) is 4.79 Å². The Morgan fingerprint density at radius 1 is 1.45 bits per heavy atom. The second-order valence-corrected chi connectivity index (χ2v) is 5.44. The molecule has 0 aromatic carbocycles. The summed E-state index contributed by atoms with van der Waals surface area (Å²) >= 11 is 0. The molecule has 2 heterocycles. The van der Waals surface area contributed by atoms with E-state index in [1.807, 2.05) is 6.07 Å². The quantitative estimate of drug-likeness (QED) is 0.896. The molecule has 0 aliphatic carbocycles. The Bertz CT molecular complexity index is 460. The Balaban J connectivity index is 2.16. The molecular weight excluding hydrogens is 254 g/mol. The molecule has 1 aliphatic heterocycles. The number of aliphatic carboxylic acids is 1. The normalized spacial score (nSPS) is 19.4. The summed E-state index contributed by atoms with van der Waals surface area (Å²) < 4.78 is 0. The molecule has 5 heteroatoms. The van der Waals surface area contributed by atoms with Crippen LogP contribution in [0.5, 0.6) is 0 Å².